The van der Waals surface area contributed by atoms with Gasteiger partial charge in [-0.05, 0) is 76.2 Å². The van der Waals surface area contributed by atoms with E-state index < -0.39 is 8.24 Å². The topological polar surface area (TPSA) is 21.3 Å². The van der Waals surface area contributed by atoms with Gasteiger partial charge in [0.25, 0.3) is 0 Å². The second kappa shape index (κ2) is 11.3. The van der Waals surface area contributed by atoms with Gasteiger partial charge in [-0.25, -0.2) is 0 Å². The zero-order valence-corrected chi connectivity index (χ0v) is 22.1. The van der Waals surface area contributed by atoms with Crippen molar-refractivity contribution in [2.75, 3.05) is 6.61 Å². The van der Waals surface area contributed by atoms with Crippen molar-refractivity contribution in [1.29, 1.82) is 0 Å². The van der Waals surface area contributed by atoms with Gasteiger partial charge in [0, 0.05) is 12.6 Å². The molecule has 4 atom stereocenters. The first-order chi connectivity index (χ1) is 14.3. The summed E-state index contributed by atoms with van der Waals surface area (Å²) in [5.41, 5.74) is 1.06. The van der Waals surface area contributed by atoms with E-state index in [1.807, 2.05) is 0 Å². The highest BCUT2D eigenvalue weighted by Gasteiger charge is 2.50. The van der Waals surface area contributed by atoms with E-state index in [0.717, 1.165) is 35.9 Å². The van der Waals surface area contributed by atoms with Gasteiger partial charge in [-0.15, -0.1) is 0 Å². The fraction of sp³-hybridized carbons (Fsp3) is 1.00. The molecular weight excluding hydrogens is 382 g/mol. The molecule has 3 rings (SSSR count). The maximum Gasteiger partial charge on any atom is 0.123 e. The maximum absolute atomic E-state index is 5.89. The van der Waals surface area contributed by atoms with Crippen molar-refractivity contribution in [2.45, 2.75) is 147 Å². The van der Waals surface area contributed by atoms with Crippen molar-refractivity contribution < 1.29 is 4.74 Å². The molecule has 0 spiro atoms. The van der Waals surface area contributed by atoms with Gasteiger partial charge in [-0.3, -0.25) is 0 Å². The fourth-order valence-corrected chi connectivity index (χ4v) is 11.2. The van der Waals surface area contributed by atoms with Crippen molar-refractivity contribution in [3.05, 3.63) is 0 Å². The smallest absolute Gasteiger partial charge is 0.123 e. The van der Waals surface area contributed by atoms with Crippen molar-refractivity contribution in [1.82, 2.24) is 4.98 Å². The highest BCUT2D eigenvalue weighted by molar-refractivity contribution is 6.76. The molecule has 0 heterocycles. The number of unbranched alkanes of at least 4 members (excludes halogenated alkanes) is 3. The van der Waals surface area contributed by atoms with Crippen LogP contribution in [-0.2, 0) is 4.74 Å². The first kappa shape index (κ1) is 24.8. The molecule has 3 saturated carbocycles. The zero-order valence-electron chi connectivity index (χ0n) is 21.1. The largest absolute Gasteiger partial charge is 0.376 e. The third kappa shape index (κ3) is 7.34. The van der Waals surface area contributed by atoms with E-state index in [2.05, 4.69) is 38.8 Å². The molecule has 3 aliphatic carbocycles. The maximum atomic E-state index is 5.89. The fourth-order valence-electron chi connectivity index (χ4n) is 7.23. The third-order valence-corrected chi connectivity index (χ3v) is 12.3. The summed E-state index contributed by atoms with van der Waals surface area (Å²) in [4.78, 5) is 4.32. The van der Waals surface area contributed by atoms with Crippen LogP contribution in [0.15, 0.2) is 0 Å². The Labute approximate surface area is 189 Å². The van der Waals surface area contributed by atoms with Crippen molar-refractivity contribution in [3.63, 3.8) is 0 Å². The Balaban J connectivity index is 1.45. The lowest BCUT2D eigenvalue weighted by Gasteiger charge is -2.41. The zero-order chi connectivity index (χ0) is 21.6. The van der Waals surface area contributed by atoms with Gasteiger partial charge in [0.15, 0.2) is 0 Å². The first-order valence-corrected chi connectivity index (χ1v) is 16.8. The van der Waals surface area contributed by atoms with Gasteiger partial charge < -0.3 is 9.72 Å². The molecule has 3 fully saturated rings. The molecule has 0 bridgehead atoms. The van der Waals surface area contributed by atoms with E-state index in [9.17, 15) is 0 Å². The van der Waals surface area contributed by atoms with Crippen LogP contribution in [0.5, 0.6) is 0 Å². The lowest BCUT2D eigenvalue weighted by atomic mass is 9.76. The summed E-state index contributed by atoms with van der Waals surface area (Å²) in [6.45, 7) is 12.8. The minimum absolute atomic E-state index is 0.0250. The van der Waals surface area contributed by atoms with Crippen LogP contribution in [0.4, 0.5) is 0 Å². The second-order valence-electron chi connectivity index (χ2n) is 12.6. The van der Waals surface area contributed by atoms with Crippen LogP contribution in [0.2, 0.25) is 18.6 Å². The van der Waals surface area contributed by atoms with E-state index in [1.165, 1.54) is 77.0 Å². The molecule has 1 N–H and O–H groups in total. The number of rotatable bonds is 10. The highest BCUT2D eigenvalue weighted by Crippen LogP contribution is 2.56. The molecule has 0 aromatic heterocycles. The van der Waals surface area contributed by atoms with Crippen molar-refractivity contribution >= 4 is 8.24 Å². The molecule has 3 heteroatoms. The Morgan fingerprint density at radius 1 is 0.800 bits per heavy atom. The van der Waals surface area contributed by atoms with Gasteiger partial charge in [0.2, 0.25) is 0 Å². The number of nitrogens with one attached hydrogen (secondary N) is 1. The molecule has 3 aliphatic rings. The van der Waals surface area contributed by atoms with E-state index in [0.29, 0.717) is 0 Å². The van der Waals surface area contributed by atoms with Crippen LogP contribution in [0.3, 0.4) is 0 Å². The highest BCUT2D eigenvalue weighted by atomic mass is 28.3. The molecule has 2 nitrogen and oxygen atoms in total. The SMILES string of the molecule is CC(C)(C)OCCCCCCC1CC([Si](C)(C)NC2CCCCC2)C2CCCCC12. The van der Waals surface area contributed by atoms with Gasteiger partial charge in [-0.1, -0.05) is 77.3 Å². The average molecular weight is 436 g/mol. The predicted octanol–water partition coefficient (Wildman–Crippen LogP) is 8.08. The standard InChI is InChI=1S/C27H53NOSi/c1-27(2,3)29-20-14-7-6-9-15-22-21-26(25-19-13-12-18-24(22)25)30(4,5)28-23-16-10-8-11-17-23/h22-26,28H,6-21H2,1-5H3. The lowest BCUT2D eigenvalue weighted by molar-refractivity contribution is -0.00477. The van der Waals surface area contributed by atoms with E-state index in [1.54, 1.807) is 19.3 Å². The number of fused-ring (bicyclic) bond motifs is 1. The molecular formula is C27H53NOSi. The number of ether oxygens (including phenoxy) is 1. The summed E-state index contributed by atoms with van der Waals surface area (Å²) in [6.07, 6.45) is 21.9. The van der Waals surface area contributed by atoms with Gasteiger partial charge in [-0.2, -0.15) is 0 Å². The van der Waals surface area contributed by atoms with Crippen LogP contribution in [-0.4, -0.2) is 26.5 Å². The summed E-state index contributed by atoms with van der Waals surface area (Å²) >= 11 is 0. The van der Waals surface area contributed by atoms with Gasteiger partial charge in [0.05, 0.1) is 5.60 Å². The van der Waals surface area contributed by atoms with E-state index in [4.69, 9.17) is 4.74 Å². The third-order valence-electron chi connectivity index (χ3n) is 8.67. The Bertz CT molecular complexity index is 494. The summed E-state index contributed by atoms with van der Waals surface area (Å²) in [5, 5.41) is 0. The minimum atomic E-state index is -1.36. The Kier molecular flexibility index (Phi) is 9.35. The molecule has 0 amide bonds. The van der Waals surface area contributed by atoms with Crippen LogP contribution < -0.4 is 4.98 Å². The summed E-state index contributed by atoms with van der Waals surface area (Å²) < 4.78 is 5.89. The van der Waals surface area contributed by atoms with Crippen LogP contribution >= 0.6 is 0 Å². The van der Waals surface area contributed by atoms with Crippen LogP contribution in [0, 0.1) is 17.8 Å². The van der Waals surface area contributed by atoms with Crippen molar-refractivity contribution in [2.24, 2.45) is 17.8 Å². The molecule has 30 heavy (non-hydrogen) atoms. The van der Waals surface area contributed by atoms with Gasteiger partial charge in [0.1, 0.15) is 8.24 Å². The summed E-state index contributed by atoms with van der Waals surface area (Å²) in [6, 6.07) is 0.844. The number of hydrogen-bond acceptors (Lipinski definition) is 2. The molecule has 0 radical (unpaired) electrons. The number of hydrogen-bond donors (Lipinski definition) is 1. The van der Waals surface area contributed by atoms with E-state index >= 15 is 0 Å². The molecule has 4 unspecified atom stereocenters. The van der Waals surface area contributed by atoms with Crippen LogP contribution in [0.1, 0.15) is 117 Å². The second-order valence-corrected chi connectivity index (χ2v) is 17.1. The quantitative estimate of drug-likeness (QED) is 0.276. The molecule has 176 valence electrons. The Hall–Kier alpha value is 0.137. The van der Waals surface area contributed by atoms with Crippen LogP contribution in [0.25, 0.3) is 0 Å². The molecule has 0 aliphatic heterocycles. The normalized spacial score (nSPS) is 31.1. The van der Waals surface area contributed by atoms with E-state index in [-0.39, 0.29) is 5.60 Å². The summed E-state index contributed by atoms with van der Waals surface area (Å²) in [7, 11) is -1.36. The van der Waals surface area contributed by atoms with Crippen molar-refractivity contribution in [3.8, 4) is 0 Å². The molecule has 0 aromatic carbocycles. The Morgan fingerprint density at radius 3 is 2.13 bits per heavy atom. The monoisotopic (exact) mass is 435 g/mol. The lowest BCUT2D eigenvalue weighted by Crippen LogP contribution is -2.55. The minimum Gasteiger partial charge on any atom is -0.376 e. The Morgan fingerprint density at radius 2 is 1.43 bits per heavy atom. The average Bonchev–Trinajstić information content (AvgIpc) is 3.07. The summed E-state index contributed by atoms with van der Waals surface area (Å²) in [5.74, 6) is 3.15. The first-order valence-electron chi connectivity index (χ1n) is 13.7. The molecule has 0 aromatic rings. The van der Waals surface area contributed by atoms with Gasteiger partial charge >= 0.3 is 0 Å². The predicted molar refractivity (Wildman–Crippen MR) is 134 cm³/mol. The molecule has 0 saturated heterocycles.